The third kappa shape index (κ3) is 3.69. The molecule has 0 spiro atoms. The molecule has 7 nitrogen and oxygen atoms in total. The second-order valence-corrected chi connectivity index (χ2v) is 7.75. The number of fused-ring (bicyclic) bond motifs is 1. The van der Waals surface area contributed by atoms with Gasteiger partial charge in [-0.2, -0.15) is 4.98 Å². The molecule has 3 aromatic rings. The van der Waals surface area contributed by atoms with Crippen molar-refractivity contribution in [3.63, 3.8) is 0 Å². The van der Waals surface area contributed by atoms with Crippen LogP contribution in [0.5, 0.6) is 5.75 Å². The van der Waals surface area contributed by atoms with E-state index in [4.69, 9.17) is 4.74 Å². The van der Waals surface area contributed by atoms with Gasteiger partial charge in [-0.3, -0.25) is 4.79 Å². The minimum absolute atomic E-state index is 0.167. The van der Waals surface area contributed by atoms with Crippen LogP contribution in [0.25, 0.3) is 17.2 Å². The lowest BCUT2D eigenvalue weighted by molar-refractivity contribution is -0.133. The van der Waals surface area contributed by atoms with Gasteiger partial charge < -0.3 is 9.64 Å². The Kier molecular flexibility index (Phi) is 5.22. The monoisotopic (exact) mass is 393 g/mol. The third-order valence-corrected chi connectivity index (χ3v) is 5.85. The van der Waals surface area contributed by atoms with Crippen molar-refractivity contribution in [1.29, 1.82) is 0 Å². The van der Waals surface area contributed by atoms with E-state index in [-0.39, 0.29) is 5.91 Å². The van der Waals surface area contributed by atoms with E-state index >= 15 is 0 Å². The number of methoxy groups -OCH3 is 1. The first-order valence-electron chi connectivity index (χ1n) is 10.1. The van der Waals surface area contributed by atoms with Crippen molar-refractivity contribution in [2.24, 2.45) is 0 Å². The van der Waals surface area contributed by atoms with Crippen LogP contribution in [0.3, 0.4) is 0 Å². The molecule has 0 saturated carbocycles. The minimum Gasteiger partial charge on any atom is -0.497 e. The van der Waals surface area contributed by atoms with E-state index < -0.39 is 0 Å². The van der Waals surface area contributed by atoms with Gasteiger partial charge in [-0.25, -0.2) is 9.50 Å². The lowest BCUT2D eigenvalue weighted by atomic mass is 10.0. The van der Waals surface area contributed by atoms with E-state index in [0.717, 1.165) is 47.7 Å². The summed E-state index contributed by atoms with van der Waals surface area (Å²) < 4.78 is 6.96. The Labute approximate surface area is 170 Å². The molecule has 3 heterocycles. The molecule has 1 amide bonds. The molecule has 7 heteroatoms. The number of carbonyl (C=O) groups is 1. The Bertz CT molecular complexity index is 1040. The van der Waals surface area contributed by atoms with Crippen LogP contribution in [0.2, 0.25) is 0 Å². The van der Waals surface area contributed by atoms with Crippen molar-refractivity contribution in [3.8, 4) is 17.1 Å². The second-order valence-electron chi connectivity index (χ2n) is 7.75. The van der Waals surface area contributed by atoms with E-state index in [1.54, 1.807) is 11.6 Å². The number of aromatic nitrogens is 4. The number of hydrogen-bond donors (Lipinski definition) is 0. The molecule has 0 N–H and O–H groups in total. The Morgan fingerprint density at radius 3 is 2.62 bits per heavy atom. The maximum Gasteiger partial charge on any atom is 0.253 e. The SMILES string of the molecule is COc1ccc(-c2nc3nc(C)c(CC(=O)N4CCCCC4C)c(C)n3n2)cc1. The molecule has 1 fully saturated rings. The van der Waals surface area contributed by atoms with Gasteiger partial charge in [-0.15, -0.1) is 5.10 Å². The van der Waals surface area contributed by atoms with Crippen LogP contribution in [-0.4, -0.2) is 50.1 Å². The van der Waals surface area contributed by atoms with Crippen LogP contribution in [-0.2, 0) is 11.2 Å². The number of ether oxygens (including phenoxy) is 1. The first-order valence-corrected chi connectivity index (χ1v) is 10.1. The minimum atomic E-state index is 0.167. The summed E-state index contributed by atoms with van der Waals surface area (Å²) in [7, 11) is 1.64. The summed E-state index contributed by atoms with van der Waals surface area (Å²) in [4.78, 5) is 24.2. The average Bonchev–Trinajstić information content (AvgIpc) is 3.15. The van der Waals surface area contributed by atoms with Gasteiger partial charge in [-0.05, 0) is 64.3 Å². The molecular formula is C22H27N5O2. The zero-order chi connectivity index (χ0) is 20.5. The van der Waals surface area contributed by atoms with Crippen LogP contribution in [0, 0.1) is 13.8 Å². The molecule has 0 aliphatic carbocycles. The average molecular weight is 393 g/mol. The standard InChI is InChI=1S/C22H27N5O2/c1-14-7-5-6-12-26(14)20(28)13-19-15(2)23-22-24-21(25-27(22)16(19)3)17-8-10-18(29-4)11-9-17/h8-11,14H,5-7,12-13H2,1-4H3. The zero-order valence-corrected chi connectivity index (χ0v) is 17.5. The molecule has 1 aliphatic heterocycles. The van der Waals surface area contributed by atoms with Gasteiger partial charge >= 0.3 is 0 Å². The molecule has 1 atom stereocenters. The van der Waals surface area contributed by atoms with Gasteiger partial charge in [-0.1, -0.05) is 0 Å². The number of carbonyl (C=O) groups excluding carboxylic acids is 1. The summed E-state index contributed by atoms with van der Waals surface area (Å²) in [6.45, 7) is 6.91. The summed E-state index contributed by atoms with van der Waals surface area (Å²) in [6.07, 6.45) is 3.71. The van der Waals surface area contributed by atoms with Crippen LogP contribution in [0.4, 0.5) is 0 Å². The topological polar surface area (TPSA) is 72.6 Å². The van der Waals surface area contributed by atoms with Crippen LogP contribution < -0.4 is 4.74 Å². The molecule has 1 unspecified atom stereocenters. The van der Waals surface area contributed by atoms with Crippen molar-refractivity contribution >= 4 is 11.7 Å². The second kappa shape index (κ2) is 7.81. The summed E-state index contributed by atoms with van der Waals surface area (Å²) in [5.74, 6) is 2.11. The highest BCUT2D eigenvalue weighted by Gasteiger charge is 2.25. The molecule has 152 valence electrons. The molecule has 1 aliphatic rings. The van der Waals surface area contributed by atoms with Crippen LogP contribution in [0.1, 0.15) is 43.1 Å². The van der Waals surface area contributed by atoms with Gasteiger partial charge in [0.25, 0.3) is 5.78 Å². The summed E-state index contributed by atoms with van der Waals surface area (Å²) in [5, 5.41) is 4.65. The number of hydrogen-bond acceptors (Lipinski definition) is 5. The predicted molar refractivity (Wildman–Crippen MR) is 111 cm³/mol. The predicted octanol–water partition coefficient (Wildman–Crippen LogP) is 3.36. The highest BCUT2D eigenvalue weighted by atomic mass is 16.5. The summed E-state index contributed by atoms with van der Waals surface area (Å²) in [5.41, 5.74) is 3.58. The lowest BCUT2D eigenvalue weighted by Crippen LogP contribution is -2.43. The fraction of sp³-hybridized carbons (Fsp3) is 0.455. The van der Waals surface area contributed by atoms with Crippen molar-refractivity contribution in [2.45, 2.75) is 52.5 Å². The third-order valence-electron chi connectivity index (χ3n) is 5.85. The quantitative estimate of drug-likeness (QED) is 0.680. The lowest BCUT2D eigenvalue weighted by Gasteiger charge is -2.33. The van der Waals surface area contributed by atoms with Gasteiger partial charge in [0, 0.05) is 35.1 Å². The highest BCUT2D eigenvalue weighted by Crippen LogP contribution is 2.23. The molecule has 29 heavy (non-hydrogen) atoms. The number of amides is 1. The highest BCUT2D eigenvalue weighted by molar-refractivity contribution is 5.79. The van der Waals surface area contributed by atoms with Gasteiger partial charge in [0.2, 0.25) is 5.91 Å². The Morgan fingerprint density at radius 2 is 1.93 bits per heavy atom. The number of aryl methyl sites for hydroxylation is 2. The van der Waals surface area contributed by atoms with E-state index in [9.17, 15) is 4.79 Å². The molecule has 4 rings (SSSR count). The molecule has 1 saturated heterocycles. The van der Waals surface area contributed by atoms with Gasteiger partial charge in [0.15, 0.2) is 5.82 Å². The van der Waals surface area contributed by atoms with Crippen molar-refractivity contribution in [3.05, 3.63) is 41.2 Å². The van der Waals surface area contributed by atoms with Crippen LogP contribution in [0.15, 0.2) is 24.3 Å². The largest absolute Gasteiger partial charge is 0.497 e. The number of nitrogens with zero attached hydrogens (tertiary/aromatic N) is 5. The summed E-state index contributed by atoms with van der Waals surface area (Å²) in [6, 6.07) is 7.93. The Hall–Kier alpha value is -2.96. The summed E-state index contributed by atoms with van der Waals surface area (Å²) >= 11 is 0. The number of likely N-dealkylation sites (tertiary alicyclic amines) is 1. The first kappa shape index (κ1) is 19.4. The van der Waals surface area contributed by atoms with Crippen molar-refractivity contribution < 1.29 is 9.53 Å². The van der Waals surface area contributed by atoms with Crippen molar-refractivity contribution in [1.82, 2.24) is 24.5 Å². The normalized spacial score (nSPS) is 17.0. The van der Waals surface area contributed by atoms with E-state index in [0.29, 0.717) is 24.1 Å². The fourth-order valence-electron chi connectivity index (χ4n) is 4.05. The van der Waals surface area contributed by atoms with Crippen LogP contribution >= 0.6 is 0 Å². The molecule has 2 aromatic heterocycles. The number of piperidine rings is 1. The maximum atomic E-state index is 12.9. The molecule has 0 radical (unpaired) electrons. The number of benzene rings is 1. The van der Waals surface area contributed by atoms with E-state index in [1.165, 1.54) is 6.42 Å². The Morgan fingerprint density at radius 1 is 1.17 bits per heavy atom. The molecule has 1 aromatic carbocycles. The number of rotatable bonds is 4. The van der Waals surface area contributed by atoms with E-state index in [1.807, 2.05) is 43.0 Å². The van der Waals surface area contributed by atoms with E-state index in [2.05, 4.69) is 22.0 Å². The fourth-order valence-corrected chi connectivity index (χ4v) is 4.05. The molecular weight excluding hydrogens is 366 g/mol. The zero-order valence-electron chi connectivity index (χ0n) is 17.5. The van der Waals surface area contributed by atoms with Gasteiger partial charge in [0.05, 0.1) is 13.5 Å². The van der Waals surface area contributed by atoms with Gasteiger partial charge in [0.1, 0.15) is 5.75 Å². The smallest absolute Gasteiger partial charge is 0.253 e. The first-order chi connectivity index (χ1) is 14.0. The maximum absolute atomic E-state index is 12.9. The molecule has 0 bridgehead atoms. The van der Waals surface area contributed by atoms with Crippen molar-refractivity contribution in [2.75, 3.05) is 13.7 Å². The Balaban J connectivity index is 1.66.